The van der Waals surface area contributed by atoms with Gasteiger partial charge in [-0.05, 0) is 24.6 Å². The fourth-order valence-corrected chi connectivity index (χ4v) is 2.46. The Morgan fingerprint density at radius 2 is 2.21 bits per heavy atom. The largest absolute Gasteiger partial charge is 0.381 e. The molecular formula is C11H13ClN2O4S. The molecule has 1 aromatic rings. The summed E-state index contributed by atoms with van der Waals surface area (Å²) in [7, 11) is -3.83. The first-order valence-corrected chi connectivity index (χ1v) is 7.51. The smallest absolute Gasteiger partial charge is 0.238 e. The van der Waals surface area contributed by atoms with Crippen LogP contribution in [0.5, 0.6) is 0 Å². The molecule has 1 unspecified atom stereocenters. The van der Waals surface area contributed by atoms with Gasteiger partial charge in [0.15, 0.2) is 0 Å². The number of halogens is 1. The van der Waals surface area contributed by atoms with E-state index >= 15 is 0 Å². The van der Waals surface area contributed by atoms with Crippen LogP contribution in [0.3, 0.4) is 0 Å². The molecule has 1 aliphatic heterocycles. The van der Waals surface area contributed by atoms with Gasteiger partial charge in [0.25, 0.3) is 0 Å². The van der Waals surface area contributed by atoms with Crippen LogP contribution in [0.15, 0.2) is 23.1 Å². The van der Waals surface area contributed by atoms with Crippen LogP contribution >= 0.6 is 11.6 Å². The fraction of sp³-hybridized carbons (Fsp3) is 0.364. The molecule has 1 fully saturated rings. The van der Waals surface area contributed by atoms with E-state index in [1.54, 1.807) is 0 Å². The summed E-state index contributed by atoms with van der Waals surface area (Å²) in [6.07, 6.45) is 0.637. The molecule has 0 spiro atoms. The van der Waals surface area contributed by atoms with Crippen molar-refractivity contribution in [2.45, 2.75) is 11.3 Å². The van der Waals surface area contributed by atoms with Crippen LogP contribution < -0.4 is 10.5 Å². The number of hydrogen-bond donors (Lipinski definition) is 2. The van der Waals surface area contributed by atoms with E-state index in [0.29, 0.717) is 19.6 Å². The van der Waals surface area contributed by atoms with E-state index in [9.17, 15) is 13.2 Å². The number of nitrogens with two attached hydrogens (primary N) is 1. The van der Waals surface area contributed by atoms with Crippen LogP contribution in [0.4, 0.5) is 5.69 Å². The summed E-state index contributed by atoms with van der Waals surface area (Å²) in [5, 5.41) is 7.87. The summed E-state index contributed by atoms with van der Waals surface area (Å²) >= 11 is 5.92. The second kappa shape index (κ2) is 5.46. The van der Waals surface area contributed by atoms with Crippen molar-refractivity contribution >= 4 is 33.2 Å². The Morgan fingerprint density at radius 3 is 2.79 bits per heavy atom. The highest BCUT2D eigenvalue weighted by Crippen LogP contribution is 2.26. The quantitative estimate of drug-likeness (QED) is 0.869. The van der Waals surface area contributed by atoms with Gasteiger partial charge in [-0.25, -0.2) is 13.6 Å². The Hall–Kier alpha value is -1.15. The molecule has 1 amide bonds. The Kier molecular flexibility index (Phi) is 4.10. The van der Waals surface area contributed by atoms with E-state index in [2.05, 4.69) is 5.32 Å². The lowest BCUT2D eigenvalue weighted by atomic mass is 10.1. The molecule has 1 heterocycles. The first-order valence-electron chi connectivity index (χ1n) is 5.59. The predicted molar refractivity (Wildman–Crippen MR) is 70.4 cm³/mol. The maximum absolute atomic E-state index is 11.9. The zero-order valence-electron chi connectivity index (χ0n) is 9.93. The average molecular weight is 305 g/mol. The van der Waals surface area contributed by atoms with Crippen LogP contribution in [0.25, 0.3) is 0 Å². The van der Waals surface area contributed by atoms with Crippen molar-refractivity contribution in [1.29, 1.82) is 0 Å². The molecule has 0 aliphatic carbocycles. The first-order chi connectivity index (χ1) is 8.88. The number of nitrogens with one attached hydrogen (secondary N) is 1. The lowest BCUT2D eigenvalue weighted by Gasteiger charge is -2.11. The molecule has 3 N–H and O–H groups in total. The Balaban J connectivity index is 2.22. The number of rotatable bonds is 3. The number of amides is 1. The Morgan fingerprint density at radius 1 is 1.47 bits per heavy atom. The van der Waals surface area contributed by atoms with Gasteiger partial charge in [-0.3, -0.25) is 4.79 Å². The van der Waals surface area contributed by atoms with Gasteiger partial charge in [0, 0.05) is 6.61 Å². The highest BCUT2D eigenvalue weighted by molar-refractivity contribution is 7.89. The summed E-state index contributed by atoms with van der Waals surface area (Å²) < 4.78 is 27.6. The minimum Gasteiger partial charge on any atom is -0.381 e. The molecule has 6 nitrogen and oxygen atoms in total. The summed E-state index contributed by atoms with van der Waals surface area (Å²) in [6, 6.07) is 3.90. The monoisotopic (exact) mass is 304 g/mol. The third-order valence-corrected chi connectivity index (χ3v) is 4.07. The van der Waals surface area contributed by atoms with Gasteiger partial charge in [0.05, 0.1) is 28.1 Å². The SMILES string of the molecule is NS(=O)(=O)c1ccc(Cl)c(NC(=O)C2CCOC2)c1. The van der Waals surface area contributed by atoms with Crippen LogP contribution in [-0.2, 0) is 19.6 Å². The molecule has 2 rings (SSSR count). The van der Waals surface area contributed by atoms with Crippen molar-refractivity contribution in [3.8, 4) is 0 Å². The molecule has 1 atom stereocenters. The maximum atomic E-state index is 11.9. The molecule has 0 radical (unpaired) electrons. The number of sulfonamides is 1. The number of carbonyl (C=O) groups excluding carboxylic acids is 1. The van der Waals surface area contributed by atoms with E-state index in [-0.39, 0.29) is 27.4 Å². The van der Waals surface area contributed by atoms with E-state index in [1.807, 2.05) is 0 Å². The highest BCUT2D eigenvalue weighted by Gasteiger charge is 2.24. The van der Waals surface area contributed by atoms with Crippen molar-refractivity contribution in [2.75, 3.05) is 18.5 Å². The van der Waals surface area contributed by atoms with Crippen LogP contribution in [-0.4, -0.2) is 27.5 Å². The van der Waals surface area contributed by atoms with Gasteiger partial charge in [-0.1, -0.05) is 11.6 Å². The number of primary sulfonamides is 1. The average Bonchev–Trinajstić information content (AvgIpc) is 2.84. The van der Waals surface area contributed by atoms with Gasteiger partial charge in [-0.2, -0.15) is 0 Å². The summed E-state index contributed by atoms with van der Waals surface area (Å²) in [5.74, 6) is -0.486. The Labute approximate surface area is 115 Å². The lowest BCUT2D eigenvalue weighted by molar-refractivity contribution is -0.119. The first kappa shape index (κ1) is 14.3. The number of anilines is 1. The van der Waals surface area contributed by atoms with Gasteiger partial charge < -0.3 is 10.1 Å². The zero-order chi connectivity index (χ0) is 14.0. The molecule has 1 saturated heterocycles. The van der Waals surface area contributed by atoms with E-state index < -0.39 is 10.0 Å². The van der Waals surface area contributed by atoms with E-state index in [0.717, 1.165) is 0 Å². The van der Waals surface area contributed by atoms with Crippen molar-refractivity contribution < 1.29 is 17.9 Å². The van der Waals surface area contributed by atoms with Gasteiger partial charge in [-0.15, -0.1) is 0 Å². The number of ether oxygens (including phenoxy) is 1. The molecule has 0 saturated carbocycles. The second-order valence-electron chi connectivity index (χ2n) is 4.24. The number of benzene rings is 1. The van der Waals surface area contributed by atoms with Crippen LogP contribution in [0.2, 0.25) is 5.02 Å². The second-order valence-corrected chi connectivity index (χ2v) is 6.21. The van der Waals surface area contributed by atoms with Crippen LogP contribution in [0, 0.1) is 5.92 Å². The Bertz CT molecular complexity index is 597. The number of hydrogen-bond acceptors (Lipinski definition) is 4. The molecule has 19 heavy (non-hydrogen) atoms. The number of carbonyl (C=O) groups is 1. The summed E-state index contributed by atoms with van der Waals surface area (Å²) in [6.45, 7) is 0.904. The van der Waals surface area contributed by atoms with Crippen molar-refractivity contribution in [2.24, 2.45) is 11.1 Å². The third kappa shape index (κ3) is 3.44. The molecule has 1 aliphatic rings. The van der Waals surface area contributed by atoms with Gasteiger partial charge in [0.2, 0.25) is 15.9 Å². The molecule has 8 heteroatoms. The van der Waals surface area contributed by atoms with E-state index in [4.69, 9.17) is 21.5 Å². The fourth-order valence-electron chi connectivity index (χ4n) is 1.75. The summed E-state index contributed by atoms with van der Waals surface area (Å²) in [5.41, 5.74) is 0.227. The predicted octanol–water partition coefficient (Wildman–Crippen LogP) is 0.962. The minimum atomic E-state index is -3.83. The molecular weight excluding hydrogens is 292 g/mol. The maximum Gasteiger partial charge on any atom is 0.238 e. The van der Waals surface area contributed by atoms with Crippen LogP contribution in [0.1, 0.15) is 6.42 Å². The molecule has 1 aromatic carbocycles. The van der Waals surface area contributed by atoms with E-state index in [1.165, 1.54) is 18.2 Å². The molecule has 0 bridgehead atoms. The highest BCUT2D eigenvalue weighted by atomic mass is 35.5. The minimum absolute atomic E-state index is 0.102. The molecule has 0 aromatic heterocycles. The van der Waals surface area contributed by atoms with Gasteiger partial charge in [0.1, 0.15) is 0 Å². The third-order valence-electron chi connectivity index (χ3n) is 2.82. The zero-order valence-corrected chi connectivity index (χ0v) is 11.5. The topological polar surface area (TPSA) is 98.5 Å². The van der Waals surface area contributed by atoms with Crippen molar-refractivity contribution in [3.05, 3.63) is 23.2 Å². The molecule has 104 valence electrons. The standard InChI is InChI=1S/C11H13ClN2O4S/c12-9-2-1-8(19(13,16)17)5-10(9)14-11(15)7-3-4-18-6-7/h1-2,5,7H,3-4,6H2,(H,14,15)(H2,13,16,17). The van der Waals surface area contributed by atoms with Gasteiger partial charge >= 0.3 is 0 Å². The lowest BCUT2D eigenvalue weighted by Crippen LogP contribution is -2.23. The summed E-state index contributed by atoms with van der Waals surface area (Å²) in [4.78, 5) is 11.8. The van der Waals surface area contributed by atoms with Crippen molar-refractivity contribution in [3.63, 3.8) is 0 Å². The normalized spacial score (nSPS) is 19.4. The van der Waals surface area contributed by atoms with Crippen molar-refractivity contribution in [1.82, 2.24) is 0 Å².